The predicted octanol–water partition coefficient (Wildman–Crippen LogP) is 1.25. The number of sulfonamides is 1. The van der Waals surface area contributed by atoms with Gasteiger partial charge in [-0.3, -0.25) is 4.79 Å². The molecule has 0 spiro atoms. The van der Waals surface area contributed by atoms with Gasteiger partial charge in [0.05, 0.1) is 10.8 Å². The van der Waals surface area contributed by atoms with E-state index < -0.39 is 15.9 Å². The molecule has 1 fully saturated rings. The van der Waals surface area contributed by atoms with Gasteiger partial charge < -0.3 is 5.73 Å². The van der Waals surface area contributed by atoms with Crippen LogP contribution in [-0.2, 0) is 14.8 Å². The molecule has 19 heavy (non-hydrogen) atoms. The van der Waals surface area contributed by atoms with Crippen LogP contribution >= 0.6 is 11.3 Å². The Hall–Kier alpha value is -0.920. The molecule has 0 bridgehead atoms. The summed E-state index contributed by atoms with van der Waals surface area (Å²) in [5.41, 5.74) is 5.29. The monoisotopic (exact) mass is 302 g/mol. The molecule has 1 aliphatic rings. The summed E-state index contributed by atoms with van der Waals surface area (Å²) in [5.74, 6) is -0.790. The number of amides is 1. The van der Waals surface area contributed by atoms with Crippen molar-refractivity contribution in [3.8, 4) is 0 Å². The smallest absolute Gasteiger partial charge is 0.244 e. The van der Waals surface area contributed by atoms with Gasteiger partial charge in [-0.2, -0.15) is 4.31 Å². The molecule has 0 aliphatic carbocycles. The van der Waals surface area contributed by atoms with Gasteiger partial charge in [-0.15, -0.1) is 11.3 Å². The van der Waals surface area contributed by atoms with Crippen LogP contribution in [0.3, 0.4) is 0 Å². The Kier molecular flexibility index (Phi) is 3.98. The summed E-state index contributed by atoms with van der Waals surface area (Å²) in [6, 6.07) is 1.70. The number of aryl methyl sites for hydroxylation is 2. The topological polar surface area (TPSA) is 80.5 Å². The first kappa shape index (κ1) is 14.5. The minimum Gasteiger partial charge on any atom is -0.369 e. The van der Waals surface area contributed by atoms with E-state index >= 15 is 0 Å². The molecule has 0 radical (unpaired) electrons. The molecule has 1 saturated heterocycles. The molecule has 7 heteroatoms. The van der Waals surface area contributed by atoms with Gasteiger partial charge >= 0.3 is 0 Å². The number of rotatable bonds is 3. The maximum absolute atomic E-state index is 12.6. The van der Waals surface area contributed by atoms with Crippen LogP contribution in [0.2, 0.25) is 0 Å². The lowest BCUT2D eigenvalue weighted by molar-refractivity contribution is -0.122. The van der Waals surface area contributed by atoms with Crippen molar-refractivity contribution in [2.45, 2.75) is 31.6 Å². The summed E-state index contributed by atoms with van der Waals surface area (Å²) in [6.07, 6.45) is 1.35. The third kappa shape index (κ3) is 2.82. The van der Waals surface area contributed by atoms with Gasteiger partial charge in [0, 0.05) is 22.8 Å². The number of primary amides is 1. The number of nitrogens with two attached hydrogens (primary N) is 1. The first-order chi connectivity index (χ1) is 8.82. The maximum atomic E-state index is 12.6. The summed E-state index contributed by atoms with van der Waals surface area (Å²) in [6.45, 7) is 4.35. The lowest BCUT2D eigenvalue weighted by Gasteiger charge is -2.30. The van der Waals surface area contributed by atoms with Gasteiger partial charge in [-0.1, -0.05) is 0 Å². The molecule has 0 aromatic carbocycles. The minimum absolute atomic E-state index is 0.200. The van der Waals surface area contributed by atoms with Crippen molar-refractivity contribution in [1.82, 2.24) is 4.31 Å². The molecule has 106 valence electrons. The standard InChI is InChI=1S/C12H18N2O3S2/c1-8-6-11(9(2)18-8)19(16,17)14-5-3-4-10(7-14)12(13)15/h6,10H,3-5,7H2,1-2H3,(H2,13,15)/t10-/m1/s1. The van der Waals surface area contributed by atoms with E-state index in [0.717, 1.165) is 9.75 Å². The Morgan fingerprint density at radius 3 is 2.68 bits per heavy atom. The molecule has 1 aliphatic heterocycles. The van der Waals surface area contributed by atoms with Crippen molar-refractivity contribution in [3.63, 3.8) is 0 Å². The van der Waals surface area contributed by atoms with E-state index in [1.54, 1.807) is 13.0 Å². The van der Waals surface area contributed by atoms with E-state index in [-0.39, 0.29) is 12.5 Å². The summed E-state index contributed by atoms with van der Waals surface area (Å²) in [7, 11) is -3.50. The van der Waals surface area contributed by atoms with Gasteiger partial charge in [0.2, 0.25) is 15.9 Å². The van der Waals surface area contributed by atoms with Crippen LogP contribution in [0.25, 0.3) is 0 Å². The highest BCUT2D eigenvalue weighted by atomic mass is 32.2. The van der Waals surface area contributed by atoms with Crippen LogP contribution in [0, 0.1) is 19.8 Å². The van der Waals surface area contributed by atoms with Crippen molar-refractivity contribution in [1.29, 1.82) is 0 Å². The largest absolute Gasteiger partial charge is 0.369 e. The molecule has 1 aromatic heterocycles. The first-order valence-corrected chi connectivity index (χ1v) is 8.44. The second-order valence-electron chi connectivity index (χ2n) is 4.88. The number of nitrogens with zero attached hydrogens (tertiary/aromatic N) is 1. The van der Waals surface area contributed by atoms with Crippen LogP contribution < -0.4 is 5.73 Å². The van der Waals surface area contributed by atoms with Crippen molar-refractivity contribution in [2.24, 2.45) is 11.7 Å². The SMILES string of the molecule is Cc1cc(S(=O)(=O)N2CCC[C@@H](C(N)=O)C2)c(C)s1. The van der Waals surface area contributed by atoms with Crippen LogP contribution in [-0.4, -0.2) is 31.7 Å². The number of carbonyl (C=O) groups excluding carboxylic acids is 1. The van der Waals surface area contributed by atoms with Gasteiger partial charge in [-0.25, -0.2) is 8.42 Å². The van der Waals surface area contributed by atoms with Gasteiger partial charge in [0.15, 0.2) is 0 Å². The highest BCUT2D eigenvalue weighted by Crippen LogP contribution is 2.30. The molecule has 1 aromatic rings. The lowest BCUT2D eigenvalue weighted by Crippen LogP contribution is -2.44. The van der Waals surface area contributed by atoms with Gasteiger partial charge in [0.1, 0.15) is 0 Å². The second kappa shape index (κ2) is 5.22. The third-order valence-corrected chi connectivity index (χ3v) is 6.49. The number of piperidine rings is 1. The molecule has 2 heterocycles. The normalized spacial score (nSPS) is 21.5. The zero-order chi connectivity index (χ0) is 14.2. The van der Waals surface area contributed by atoms with E-state index in [0.29, 0.717) is 24.3 Å². The summed E-state index contributed by atoms with van der Waals surface area (Å²) >= 11 is 1.47. The zero-order valence-electron chi connectivity index (χ0n) is 11.0. The Labute approximate surface area is 117 Å². The number of hydrogen-bond donors (Lipinski definition) is 1. The third-order valence-electron chi connectivity index (χ3n) is 3.40. The molecule has 0 unspecified atom stereocenters. The molecule has 1 atom stereocenters. The van der Waals surface area contributed by atoms with Gasteiger partial charge in [-0.05, 0) is 32.8 Å². The summed E-state index contributed by atoms with van der Waals surface area (Å²) in [4.78, 5) is 13.4. The molecular formula is C12H18N2O3S2. The minimum atomic E-state index is -3.50. The van der Waals surface area contributed by atoms with Gasteiger partial charge in [0.25, 0.3) is 0 Å². The Morgan fingerprint density at radius 2 is 2.16 bits per heavy atom. The highest BCUT2D eigenvalue weighted by molar-refractivity contribution is 7.89. The van der Waals surface area contributed by atoms with Crippen molar-refractivity contribution < 1.29 is 13.2 Å². The van der Waals surface area contributed by atoms with Crippen molar-refractivity contribution in [3.05, 3.63) is 15.8 Å². The Balaban J connectivity index is 2.29. The zero-order valence-corrected chi connectivity index (χ0v) is 12.7. The number of hydrogen-bond acceptors (Lipinski definition) is 4. The van der Waals surface area contributed by atoms with E-state index in [2.05, 4.69) is 0 Å². The average molecular weight is 302 g/mol. The molecule has 0 saturated carbocycles. The van der Waals surface area contributed by atoms with E-state index in [4.69, 9.17) is 5.73 Å². The molecule has 2 N–H and O–H groups in total. The fourth-order valence-electron chi connectivity index (χ4n) is 2.40. The van der Waals surface area contributed by atoms with Crippen molar-refractivity contribution in [2.75, 3.05) is 13.1 Å². The van der Waals surface area contributed by atoms with E-state index in [1.165, 1.54) is 15.6 Å². The second-order valence-corrected chi connectivity index (χ2v) is 8.25. The molecule has 5 nitrogen and oxygen atoms in total. The Bertz CT molecular complexity index is 592. The predicted molar refractivity (Wildman–Crippen MR) is 74.5 cm³/mol. The fraction of sp³-hybridized carbons (Fsp3) is 0.583. The Morgan fingerprint density at radius 1 is 1.47 bits per heavy atom. The highest BCUT2D eigenvalue weighted by Gasteiger charge is 2.33. The quantitative estimate of drug-likeness (QED) is 0.912. The van der Waals surface area contributed by atoms with Crippen LogP contribution in [0.5, 0.6) is 0 Å². The summed E-state index contributed by atoms with van der Waals surface area (Å²) in [5, 5.41) is 0. The number of carbonyl (C=O) groups is 1. The maximum Gasteiger partial charge on any atom is 0.244 e. The fourth-order valence-corrected chi connectivity index (χ4v) is 5.44. The van der Waals surface area contributed by atoms with E-state index in [1.807, 2.05) is 6.92 Å². The van der Waals surface area contributed by atoms with Crippen LogP contribution in [0.4, 0.5) is 0 Å². The van der Waals surface area contributed by atoms with Crippen molar-refractivity contribution >= 4 is 27.3 Å². The van der Waals surface area contributed by atoms with Crippen LogP contribution in [0.15, 0.2) is 11.0 Å². The van der Waals surface area contributed by atoms with Crippen LogP contribution in [0.1, 0.15) is 22.6 Å². The summed E-state index contributed by atoms with van der Waals surface area (Å²) < 4.78 is 26.5. The number of thiophene rings is 1. The molecular weight excluding hydrogens is 284 g/mol. The van der Waals surface area contributed by atoms with E-state index in [9.17, 15) is 13.2 Å². The molecule has 1 amide bonds. The lowest BCUT2D eigenvalue weighted by atomic mass is 9.99. The average Bonchev–Trinajstić information content (AvgIpc) is 2.69. The first-order valence-electron chi connectivity index (χ1n) is 6.19. The molecule has 2 rings (SSSR count).